The predicted molar refractivity (Wildman–Crippen MR) is 83.0 cm³/mol. The highest BCUT2D eigenvalue weighted by Gasteiger charge is 2.09. The van der Waals surface area contributed by atoms with Crippen LogP contribution in [-0.4, -0.2) is 27.4 Å². The molecule has 0 fully saturated rings. The normalized spacial score (nSPS) is 10.8. The van der Waals surface area contributed by atoms with E-state index in [9.17, 15) is 15.0 Å². The van der Waals surface area contributed by atoms with E-state index in [2.05, 4.69) is 10.5 Å². The van der Waals surface area contributed by atoms with Gasteiger partial charge in [0.15, 0.2) is 11.5 Å². The van der Waals surface area contributed by atoms with E-state index in [1.807, 2.05) is 0 Å². The van der Waals surface area contributed by atoms with Crippen molar-refractivity contribution < 1.29 is 20.1 Å². The fourth-order valence-electron chi connectivity index (χ4n) is 1.58. The highest BCUT2D eigenvalue weighted by atomic mass is 35.5. The average molecular weight is 341 g/mol. The molecule has 2 aromatic carbocycles. The van der Waals surface area contributed by atoms with Crippen molar-refractivity contribution in [2.24, 2.45) is 5.10 Å². The van der Waals surface area contributed by atoms with Gasteiger partial charge in [-0.2, -0.15) is 5.10 Å². The molecule has 2 aromatic rings. The van der Waals surface area contributed by atoms with Crippen LogP contribution in [-0.2, 0) is 0 Å². The lowest BCUT2D eigenvalue weighted by molar-refractivity contribution is 0.0954. The van der Waals surface area contributed by atoms with Crippen LogP contribution in [0.25, 0.3) is 0 Å². The first-order chi connectivity index (χ1) is 10.4. The van der Waals surface area contributed by atoms with Crippen molar-refractivity contribution in [1.82, 2.24) is 5.43 Å². The summed E-state index contributed by atoms with van der Waals surface area (Å²) in [6.07, 6.45) is 1.16. The van der Waals surface area contributed by atoms with Crippen molar-refractivity contribution in [2.75, 3.05) is 0 Å². The third kappa shape index (κ3) is 3.60. The van der Waals surface area contributed by atoms with Crippen LogP contribution in [0.3, 0.4) is 0 Å². The zero-order chi connectivity index (χ0) is 16.3. The second-order valence-corrected chi connectivity index (χ2v) is 5.07. The molecule has 0 aliphatic carbocycles. The summed E-state index contributed by atoms with van der Waals surface area (Å²) in [5, 5.41) is 32.3. The summed E-state index contributed by atoms with van der Waals surface area (Å²) in [6, 6.07) is 6.29. The zero-order valence-electron chi connectivity index (χ0n) is 10.9. The first-order valence-corrected chi connectivity index (χ1v) is 6.67. The van der Waals surface area contributed by atoms with Gasteiger partial charge < -0.3 is 15.3 Å². The van der Waals surface area contributed by atoms with Gasteiger partial charge in [0.2, 0.25) is 0 Å². The van der Waals surface area contributed by atoms with Crippen molar-refractivity contribution in [3.63, 3.8) is 0 Å². The van der Waals surface area contributed by atoms with E-state index < -0.39 is 11.7 Å². The summed E-state index contributed by atoms with van der Waals surface area (Å²) in [5.74, 6) is -1.55. The van der Waals surface area contributed by atoms with Crippen LogP contribution in [0, 0.1) is 0 Å². The molecule has 0 atom stereocenters. The molecule has 0 aliphatic heterocycles. The third-order valence-corrected chi connectivity index (χ3v) is 3.20. The molecule has 0 bridgehead atoms. The molecule has 1 amide bonds. The number of aromatic hydroxyl groups is 3. The van der Waals surface area contributed by atoms with Crippen LogP contribution in [0.15, 0.2) is 35.4 Å². The van der Waals surface area contributed by atoms with Crippen LogP contribution in [0.1, 0.15) is 15.9 Å². The Morgan fingerprint density at radius 3 is 2.41 bits per heavy atom. The van der Waals surface area contributed by atoms with Crippen LogP contribution in [0.5, 0.6) is 17.2 Å². The van der Waals surface area contributed by atoms with E-state index in [4.69, 9.17) is 28.3 Å². The fourth-order valence-corrected chi connectivity index (χ4v) is 2.12. The molecule has 0 saturated heterocycles. The predicted octanol–water partition coefficient (Wildman–Crippen LogP) is 2.87. The maximum Gasteiger partial charge on any atom is 0.271 e. The number of amides is 1. The lowest BCUT2D eigenvalue weighted by Crippen LogP contribution is -2.17. The first-order valence-electron chi connectivity index (χ1n) is 5.92. The number of nitrogens with zero attached hydrogens (tertiary/aromatic N) is 1. The van der Waals surface area contributed by atoms with Gasteiger partial charge in [-0.25, -0.2) is 5.43 Å². The number of hydrazone groups is 1. The number of carbonyl (C=O) groups excluding carboxylic acids is 1. The summed E-state index contributed by atoms with van der Waals surface area (Å²) in [5.41, 5.74) is 2.49. The van der Waals surface area contributed by atoms with E-state index >= 15 is 0 Å². The number of hydrogen-bond donors (Lipinski definition) is 4. The minimum atomic E-state index is -0.615. The summed E-state index contributed by atoms with van der Waals surface area (Å²) in [4.78, 5) is 11.8. The van der Waals surface area contributed by atoms with Gasteiger partial charge in [-0.15, -0.1) is 0 Å². The minimum absolute atomic E-state index is 0.0962. The molecule has 0 radical (unpaired) electrons. The molecular weight excluding hydrogens is 331 g/mol. The number of halogens is 2. The van der Waals surface area contributed by atoms with Crippen LogP contribution >= 0.6 is 23.2 Å². The van der Waals surface area contributed by atoms with Crippen molar-refractivity contribution in [3.8, 4) is 17.2 Å². The van der Waals surface area contributed by atoms with E-state index in [1.54, 1.807) is 0 Å². The van der Waals surface area contributed by atoms with E-state index in [1.165, 1.54) is 24.3 Å². The SMILES string of the molecule is O=C(NN=Cc1c(O)cc(Cl)cc1Cl)c1ccc(O)c(O)c1. The number of nitrogens with one attached hydrogen (secondary N) is 1. The highest BCUT2D eigenvalue weighted by Crippen LogP contribution is 2.28. The Kier molecular flexibility index (Phi) is 4.75. The molecule has 0 heterocycles. The van der Waals surface area contributed by atoms with Gasteiger partial charge in [-0.05, 0) is 30.3 Å². The van der Waals surface area contributed by atoms with Crippen LogP contribution in [0.2, 0.25) is 10.0 Å². The molecule has 22 heavy (non-hydrogen) atoms. The Bertz CT molecular complexity index is 739. The van der Waals surface area contributed by atoms with Gasteiger partial charge in [-0.1, -0.05) is 23.2 Å². The molecule has 8 heteroatoms. The molecule has 4 N–H and O–H groups in total. The van der Waals surface area contributed by atoms with Crippen molar-refractivity contribution in [1.29, 1.82) is 0 Å². The lowest BCUT2D eigenvalue weighted by atomic mass is 10.2. The van der Waals surface area contributed by atoms with Crippen molar-refractivity contribution >= 4 is 35.3 Å². The van der Waals surface area contributed by atoms with Gasteiger partial charge in [-0.3, -0.25) is 4.79 Å². The Morgan fingerprint density at radius 2 is 1.77 bits per heavy atom. The molecule has 0 aliphatic rings. The van der Waals surface area contributed by atoms with Crippen LogP contribution in [0.4, 0.5) is 0 Å². The average Bonchev–Trinajstić information content (AvgIpc) is 2.44. The zero-order valence-corrected chi connectivity index (χ0v) is 12.4. The Labute approximate surface area is 135 Å². The monoisotopic (exact) mass is 340 g/mol. The maximum atomic E-state index is 11.8. The number of hydrogen-bond acceptors (Lipinski definition) is 5. The molecule has 0 unspecified atom stereocenters. The van der Waals surface area contributed by atoms with E-state index in [0.29, 0.717) is 0 Å². The summed E-state index contributed by atoms with van der Waals surface area (Å²) >= 11 is 11.6. The van der Waals surface area contributed by atoms with Crippen molar-refractivity contribution in [3.05, 3.63) is 51.5 Å². The molecule has 0 saturated carbocycles. The number of phenolic OH excluding ortho intramolecular Hbond substituents is 3. The highest BCUT2D eigenvalue weighted by molar-refractivity contribution is 6.36. The summed E-state index contributed by atoms with van der Waals surface area (Å²) < 4.78 is 0. The maximum absolute atomic E-state index is 11.8. The van der Waals surface area contributed by atoms with Gasteiger partial charge >= 0.3 is 0 Å². The van der Waals surface area contributed by atoms with Crippen molar-refractivity contribution in [2.45, 2.75) is 0 Å². The summed E-state index contributed by atoms with van der Waals surface area (Å²) in [7, 11) is 0. The number of phenols is 3. The third-order valence-electron chi connectivity index (χ3n) is 2.67. The first kappa shape index (κ1) is 15.9. The fraction of sp³-hybridized carbons (Fsp3) is 0. The van der Waals surface area contributed by atoms with E-state index in [-0.39, 0.29) is 32.7 Å². The lowest BCUT2D eigenvalue weighted by Gasteiger charge is -2.04. The Balaban J connectivity index is 2.12. The second-order valence-electron chi connectivity index (χ2n) is 4.22. The van der Waals surface area contributed by atoms with Gasteiger partial charge in [0.25, 0.3) is 5.91 Å². The minimum Gasteiger partial charge on any atom is -0.507 e. The second kappa shape index (κ2) is 6.55. The number of benzene rings is 2. The van der Waals surface area contributed by atoms with Gasteiger partial charge in [0, 0.05) is 10.6 Å². The number of carbonyl (C=O) groups is 1. The standard InChI is InChI=1S/C14H10Cl2N2O4/c15-8-4-10(16)9(12(20)5-8)6-17-18-14(22)7-1-2-11(19)13(21)3-7/h1-6,19-21H,(H,18,22). The Morgan fingerprint density at radius 1 is 1.05 bits per heavy atom. The van der Waals surface area contributed by atoms with Gasteiger partial charge in [0.05, 0.1) is 16.8 Å². The van der Waals surface area contributed by atoms with Crippen LogP contribution < -0.4 is 5.43 Å². The molecule has 0 aromatic heterocycles. The van der Waals surface area contributed by atoms with E-state index in [0.717, 1.165) is 12.3 Å². The molecule has 114 valence electrons. The Hall–Kier alpha value is -2.44. The molecule has 6 nitrogen and oxygen atoms in total. The smallest absolute Gasteiger partial charge is 0.271 e. The summed E-state index contributed by atoms with van der Waals surface area (Å²) in [6.45, 7) is 0. The molecule has 0 spiro atoms. The molecule has 2 rings (SSSR count). The number of rotatable bonds is 3. The largest absolute Gasteiger partial charge is 0.507 e. The topological polar surface area (TPSA) is 102 Å². The molecular formula is C14H10Cl2N2O4. The van der Waals surface area contributed by atoms with Gasteiger partial charge in [0.1, 0.15) is 5.75 Å². The quantitative estimate of drug-likeness (QED) is 0.392.